The van der Waals surface area contributed by atoms with Crippen LogP contribution in [0.25, 0.3) is 0 Å². The first kappa shape index (κ1) is 16.5. The second-order valence-electron chi connectivity index (χ2n) is 6.27. The van der Waals surface area contributed by atoms with Crippen molar-refractivity contribution in [3.05, 3.63) is 29.8 Å². The summed E-state index contributed by atoms with van der Waals surface area (Å²) in [5.41, 5.74) is 6.57. The van der Waals surface area contributed by atoms with Gasteiger partial charge in [-0.3, -0.25) is 0 Å². The Balaban J connectivity index is 2.04. The van der Waals surface area contributed by atoms with Crippen LogP contribution in [0.15, 0.2) is 29.2 Å². The highest BCUT2D eigenvalue weighted by Crippen LogP contribution is 2.30. The maximum absolute atomic E-state index is 12.4. The zero-order valence-electron chi connectivity index (χ0n) is 12.9. The smallest absolute Gasteiger partial charge is 0.240 e. The molecule has 3 atom stereocenters. The molecule has 3 N–H and O–H groups in total. The van der Waals surface area contributed by atoms with Gasteiger partial charge in [-0.25, -0.2) is 13.1 Å². The number of nitrogens with one attached hydrogen (secondary N) is 1. The molecule has 0 amide bonds. The van der Waals surface area contributed by atoms with Crippen molar-refractivity contribution >= 4 is 10.0 Å². The Labute approximate surface area is 128 Å². The van der Waals surface area contributed by atoms with Crippen LogP contribution in [0.1, 0.15) is 38.7 Å². The fraction of sp³-hybridized carbons (Fsp3) is 0.625. The van der Waals surface area contributed by atoms with Gasteiger partial charge in [0.05, 0.1) is 4.90 Å². The summed E-state index contributed by atoms with van der Waals surface area (Å²) in [4.78, 5) is 0.342. The van der Waals surface area contributed by atoms with Crippen LogP contribution in [-0.4, -0.2) is 21.0 Å². The van der Waals surface area contributed by atoms with Crippen LogP contribution in [0.5, 0.6) is 0 Å². The zero-order valence-corrected chi connectivity index (χ0v) is 13.7. The highest BCUT2D eigenvalue weighted by molar-refractivity contribution is 7.89. The standard InChI is InChI=1S/C16H26N2O2S/c1-12-3-6-15(11-13(12)2)18-21(19,20)16-7-4-14(5-8-16)9-10-17/h4-5,7-8,12-13,15,18H,3,6,9-11,17H2,1-2H3. The van der Waals surface area contributed by atoms with E-state index in [9.17, 15) is 8.42 Å². The summed E-state index contributed by atoms with van der Waals surface area (Å²) in [7, 11) is -3.41. The lowest BCUT2D eigenvalue weighted by molar-refractivity contribution is 0.242. The summed E-state index contributed by atoms with van der Waals surface area (Å²) in [5, 5.41) is 0. The Morgan fingerprint density at radius 1 is 1.14 bits per heavy atom. The molecule has 0 aliphatic heterocycles. The maximum atomic E-state index is 12.4. The molecule has 0 spiro atoms. The highest BCUT2D eigenvalue weighted by Gasteiger charge is 2.28. The quantitative estimate of drug-likeness (QED) is 0.876. The monoisotopic (exact) mass is 310 g/mol. The number of benzene rings is 1. The van der Waals surface area contributed by atoms with Crippen molar-refractivity contribution in [2.75, 3.05) is 6.54 Å². The number of rotatable bonds is 5. The molecule has 1 aliphatic carbocycles. The van der Waals surface area contributed by atoms with Crippen molar-refractivity contribution in [2.24, 2.45) is 17.6 Å². The average Bonchev–Trinajstić information content (AvgIpc) is 2.44. The van der Waals surface area contributed by atoms with Gasteiger partial charge in [-0.2, -0.15) is 0 Å². The lowest BCUT2D eigenvalue weighted by Gasteiger charge is -2.32. The summed E-state index contributed by atoms with van der Waals surface area (Å²) >= 11 is 0. The Bertz CT molecular complexity index is 554. The molecule has 118 valence electrons. The predicted octanol–water partition coefficient (Wildman–Crippen LogP) is 2.29. The molecular weight excluding hydrogens is 284 g/mol. The second-order valence-corrected chi connectivity index (χ2v) is 7.98. The van der Waals surface area contributed by atoms with E-state index in [-0.39, 0.29) is 6.04 Å². The molecule has 0 heterocycles. The van der Waals surface area contributed by atoms with E-state index in [1.807, 2.05) is 12.1 Å². The summed E-state index contributed by atoms with van der Waals surface area (Å²) in [5.74, 6) is 1.25. The lowest BCUT2D eigenvalue weighted by atomic mass is 9.79. The van der Waals surface area contributed by atoms with Crippen molar-refractivity contribution in [3.63, 3.8) is 0 Å². The molecule has 2 rings (SSSR count). The molecule has 1 saturated carbocycles. The van der Waals surface area contributed by atoms with E-state index in [1.54, 1.807) is 12.1 Å². The summed E-state index contributed by atoms with van der Waals surface area (Å²) in [6, 6.07) is 7.08. The van der Waals surface area contributed by atoms with Crippen molar-refractivity contribution in [1.29, 1.82) is 0 Å². The topological polar surface area (TPSA) is 72.2 Å². The van der Waals surface area contributed by atoms with Gasteiger partial charge in [0, 0.05) is 6.04 Å². The van der Waals surface area contributed by atoms with E-state index in [0.717, 1.165) is 31.2 Å². The molecule has 1 aliphatic rings. The molecule has 0 bridgehead atoms. The van der Waals surface area contributed by atoms with Gasteiger partial charge >= 0.3 is 0 Å². The molecule has 1 aromatic rings. The number of hydrogen-bond acceptors (Lipinski definition) is 3. The van der Waals surface area contributed by atoms with E-state index < -0.39 is 10.0 Å². The van der Waals surface area contributed by atoms with Crippen molar-refractivity contribution in [3.8, 4) is 0 Å². The Morgan fingerprint density at radius 2 is 1.81 bits per heavy atom. The van der Waals surface area contributed by atoms with E-state index in [0.29, 0.717) is 23.3 Å². The van der Waals surface area contributed by atoms with Crippen LogP contribution >= 0.6 is 0 Å². The molecule has 0 saturated heterocycles. The van der Waals surface area contributed by atoms with Gasteiger partial charge in [-0.15, -0.1) is 0 Å². The molecule has 0 aromatic heterocycles. The highest BCUT2D eigenvalue weighted by atomic mass is 32.2. The molecule has 5 heteroatoms. The third-order valence-corrected chi connectivity index (χ3v) is 6.12. The largest absolute Gasteiger partial charge is 0.330 e. The Hall–Kier alpha value is -0.910. The van der Waals surface area contributed by atoms with Crippen molar-refractivity contribution in [1.82, 2.24) is 4.72 Å². The van der Waals surface area contributed by atoms with Crippen LogP contribution < -0.4 is 10.5 Å². The summed E-state index contributed by atoms with van der Waals surface area (Å²) < 4.78 is 27.7. The number of nitrogens with two attached hydrogens (primary N) is 1. The molecule has 1 aromatic carbocycles. The normalized spacial score (nSPS) is 26.7. The third-order valence-electron chi connectivity index (χ3n) is 4.59. The van der Waals surface area contributed by atoms with Gasteiger partial charge in [0.25, 0.3) is 0 Å². The van der Waals surface area contributed by atoms with Crippen LogP contribution in [0, 0.1) is 11.8 Å². The third kappa shape index (κ3) is 4.28. The van der Waals surface area contributed by atoms with Gasteiger partial charge < -0.3 is 5.73 Å². The van der Waals surface area contributed by atoms with E-state index in [2.05, 4.69) is 18.6 Å². The van der Waals surface area contributed by atoms with E-state index in [1.165, 1.54) is 0 Å². The van der Waals surface area contributed by atoms with Gasteiger partial charge in [0.15, 0.2) is 0 Å². The molecule has 0 radical (unpaired) electrons. The van der Waals surface area contributed by atoms with Crippen molar-refractivity contribution in [2.45, 2.75) is 50.5 Å². The van der Waals surface area contributed by atoms with E-state index in [4.69, 9.17) is 5.73 Å². The first-order valence-electron chi connectivity index (χ1n) is 7.73. The molecular formula is C16H26N2O2S. The zero-order chi connectivity index (χ0) is 15.5. The van der Waals surface area contributed by atoms with Crippen LogP contribution in [-0.2, 0) is 16.4 Å². The molecule has 4 nitrogen and oxygen atoms in total. The fourth-order valence-electron chi connectivity index (χ4n) is 2.94. The first-order chi connectivity index (χ1) is 9.92. The summed E-state index contributed by atoms with van der Waals surface area (Å²) in [6.07, 6.45) is 3.71. The minimum atomic E-state index is -3.41. The maximum Gasteiger partial charge on any atom is 0.240 e. The SMILES string of the molecule is CC1CCC(NS(=O)(=O)c2ccc(CCN)cc2)CC1C. The number of sulfonamides is 1. The van der Waals surface area contributed by atoms with Gasteiger partial charge in [0.2, 0.25) is 10.0 Å². The average molecular weight is 310 g/mol. The van der Waals surface area contributed by atoms with Gasteiger partial charge in [0.1, 0.15) is 0 Å². The molecule has 21 heavy (non-hydrogen) atoms. The van der Waals surface area contributed by atoms with Crippen LogP contribution in [0.4, 0.5) is 0 Å². The molecule has 1 fully saturated rings. The minimum absolute atomic E-state index is 0.0601. The lowest BCUT2D eigenvalue weighted by Crippen LogP contribution is -2.39. The second kappa shape index (κ2) is 6.90. The number of hydrogen-bond donors (Lipinski definition) is 2. The minimum Gasteiger partial charge on any atom is -0.330 e. The summed E-state index contributed by atoms with van der Waals surface area (Å²) in [6.45, 7) is 5.01. The van der Waals surface area contributed by atoms with Crippen LogP contribution in [0.2, 0.25) is 0 Å². The van der Waals surface area contributed by atoms with Crippen LogP contribution in [0.3, 0.4) is 0 Å². The van der Waals surface area contributed by atoms with Gasteiger partial charge in [-0.1, -0.05) is 26.0 Å². The first-order valence-corrected chi connectivity index (χ1v) is 9.22. The Morgan fingerprint density at radius 3 is 2.38 bits per heavy atom. The molecule has 3 unspecified atom stereocenters. The Kier molecular flexibility index (Phi) is 5.41. The predicted molar refractivity (Wildman–Crippen MR) is 85.5 cm³/mol. The van der Waals surface area contributed by atoms with Crippen molar-refractivity contribution < 1.29 is 8.42 Å². The van der Waals surface area contributed by atoms with E-state index >= 15 is 0 Å². The van der Waals surface area contributed by atoms with Gasteiger partial charge in [-0.05, 0) is 61.8 Å². The fourth-order valence-corrected chi connectivity index (χ4v) is 4.23.